The van der Waals surface area contributed by atoms with Gasteiger partial charge in [0.25, 0.3) is 5.69 Å². The molecule has 0 heterocycles. The van der Waals surface area contributed by atoms with Crippen molar-refractivity contribution in [2.75, 3.05) is 5.75 Å². The third kappa shape index (κ3) is 4.93. The number of carbonyl (C=O) groups is 2. The van der Waals surface area contributed by atoms with Crippen LogP contribution < -0.4 is 16.8 Å². The minimum absolute atomic E-state index is 0.0639. The smallest absolute Gasteiger partial charge is 0.283 e. The highest BCUT2D eigenvalue weighted by atomic mass is 32.2. The zero-order chi connectivity index (χ0) is 17.7. The van der Waals surface area contributed by atoms with E-state index in [1.54, 1.807) is 0 Å². The summed E-state index contributed by atoms with van der Waals surface area (Å²) in [5.41, 5.74) is 10.8. The van der Waals surface area contributed by atoms with Crippen LogP contribution in [0.15, 0.2) is 23.1 Å². The third-order valence-corrected chi connectivity index (χ3v) is 5.00. The summed E-state index contributed by atoms with van der Waals surface area (Å²) in [5.74, 6) is -0.837. The molecule has 8 nitrogen and oxygen atoms in total. The van der Waals surface area contributed by atoms with Gasteiger partial charge in [0.05, 0.1) is 15.6 Å². The van der Waals surface area contributed by atoms with Gasteiger partial charge in [0.2, 0.25) is 11.8 Å². The van der Waals surface area contributed by atoms with Crippen molar-refractivity contribution < 1.29 is 14.5 Å². The highest BCUT2D eigenvalue weighted by molar-refractivity contribution is 8.00. The molecular formula is C15H20N4O4S. The van der Waals surface area contributed by atoms with Gasteiger partial charge in [-0.2, -0.15) is 0 Å². The molecule has 1 aliphatic carbocycles. The average Bonchev–Trinajstić information content (AvgIpc) is 2.54. The number of hydrogen-bond acceptors (Lipinski definition) is 6. The van der Waals surface area contributed by atoms with Crippen molar-refractivity contribution in [1.29, 1.82) is 0 Å². The maximum absolute atomic E-state index is 12.0. The molecule has 0 bridgehead atoms. The first-order valence-corrected chi connectivity index (χ1v) is 8.61. The molecule has 0 spiro atoms. The summed E-state index contributed by atoms with van der Waals surface area (Å²) in [7, 11) is 0. The number of thioether (sulfide) groups is 1. The molecule has 1 fully saturated rings. The van der Waals surface area contributed by atoms with Crippen molar-refractivity contribution in [3.8, 4) is 0 Å². The fourth-order valence-electron chi connectivity index (χ4n) is 2.61. The molecule has 130 valence electrons. The predicted octanol–water partition coefficient (Wildman–Crippen LogP) is 1.17. The van der Waals surface area contributed by atoms with E-state index in [1.807, 2.05) is 0 Å². The Labute approximate surface area is 143 Å². The van der Waals surface area contributed by atoms with E-state index >= 15 is 0 Å². The number of benzene rings is 1. The Morgan fingerprint density at radius 3 is 2.54 bits per heavy atom. The lowest BCUT2D eigenvalue weighted by atomic mass is 9.92. The van der Waals surface area contributed by atoms with Gasteiger partial charge < -0.3 is 16.8 Å². The molecule has 2 amide bonds. The normalized spacial score (nSPS) is 20.4. The van der Waals surface area contributed by atoms with Crippen LogP contribution in [0, 0.1) is 10.1 Å². The number of nitrogens with zero attached hydrogens (tertiary/aromatic N) is 1. The molecular weight excluding hydrogens is 332 g/mol. The van der Waals surface area contributed by atoms with E-state index in [9.17, 15) is 19.7 Å². The molecule has 2 rings (SSSR count). The summed E-state index contributed by atoms with van der Waals surface area (Å²) in [5, 5.41) is 14.0. The number of hydrogen-bond donors (Lipinski definition) is 3. The first-order chi connectivity index (χ1) is 11.4. The molecule has 0 atom stereocenters. The van der Waals surface area contributed by atoms with E-state index in [1.165, 1.54) is 12.1 Å². The fourth-order valence-corrected chi connectivity index (χ4v) is 3.43. The average molecular weight is 352 g/mol. The Balaban J connectivity index is 1.94. The first-order valence-electron chi connectivity index (χ1n) is 7.63. The van der Waals surface area contributed by atoms with E-state index in [-0.39, 0.29) is 35.0 Å². The van der Waals surface area contributed by atoms with E-state index in [0.29, 0.717) is 4.90 Å². The molecule has 5 N–H and O–H groups in total. The summed E-state index contributed by atoms with van der Waals surface area (Å²) < 4.78 is 0. The minimum Gasteiger partial charge on any atom is -0.366 e. The van der Waals surface area contributed by atoms with Gasteiger partial charge in [-0.25, -0.2) is 0 Å². The van der Waals surface area contributed by atoms with Crippen LogP contribution in [0.3, 0.4) is 0 Å². The number of rotatable bonds is 6. The van der Waals surface area contributed by atoms with Crippen molar-refractivity contribution in [3.05, 3.63) is 33.9 Å². The van der Waals surface area contributed by atoms with Gasteiger partial charge in [0, 0.05) is 23.7 Å². The Hall–Kier alpha value is -2.13. The quantitative estimate of drug-likeness (QED) is 0.398. The second-order valence-corrected chi connectivity index (χ2v) is 6.79. The second kappa shape index (κ2) is 8.11. The zero-order valence-electron chi connectivity index (χ0n) is 13.1. The summed E-state index contributed by atoms with van der Waals surface area (Å²) in [6, 6.07) is 4.31. The third-order valence-electron chi connectivity index (χ3n) is 3.94. The number of amides is 2. The van der Waals surface area contributed by atoms with Crippen molar-refractivity contribution in [3.63, 3.8) is 0 Å². The van der Waals surface area contributed by atoms with E-state index in [4.69, 9.17) is 11.5 Å². The Morgan fingerprint density at radius 1 is 1.29 bits per heavy atom. The lowest BCUT2D eigenvalue weighted by molar-refractivity contribution is -0.387. The largest absolute Gasteiger partial charge is 0.366 e. The number of nitrogens with one attached hydrogen (secondary N) is 1. The van der Waals surface area contributed by atoms with Gasteiger partial charge in [-0.15, -0.1) is 11.8 Å². The maximum Gasteiger partial charge on any atom is 0.283 e. The Bertz CT molecular complexity index is 644. The molecule has 1 aliphatic rings. The van der Waals surface area contributed by atoms with Gasteiger partial charge >= 0.3 is 0 Å². The fraction of sp³-hybridized carbons (Fsp3) is 0.467. The highest BCUT2D eigenvalue weighted by Crippen LogP contribution is 2.30. The number of primary amides is 1. The van der Waals surface area contributed by atoms with Gasteiger partial charge in [0.15, 0.2) is 0 Å². The number of nitro benzene ring substituents is 1. The standard InChI is InChI=1S/C15H20N4O4S/c16-10-2-4-11(5-3-10)18-14(20)8-24-13-6-1-9(15(17)21)7-12(13)19(22)23/h1,6-7,10-11H,2-5,8,16H2,(H2,17,21)(H,18,20). The van der Waals surface area contributed by atoms with Crippen molar-refractivity contribution in [2.24, 2.45) is 11.5 Å². The minimum atomic E-state index is -0.733. The van der Waals surface area contributed by atoms with Crippen LogP contribution in [0.4, 0.5) is 5.69 Å². The van der Waals surface area contributed by atoms with Crippen LogP contribution in [0.2, 0.25) is 0 Å². The van der Waals surface area contributed by atoms with Crippen LogP contribution >= 0.6 is 11.8 Å². The Kier molecular flexibility index (Phi) is 6.16. The number of carbonyl (C=O) groups excluding carboxylic acids is 2. The van der Waals surface area contributed by atoms with E-state index in [2.05, 4.69) is 5.32 Å². The molecule has 0 saturated heterocycles. The molecule has 0 aliphatic heterocycles. The second-order valence-electron chi connectivity index (χ2n) is 5.77. The zero-order valence-corrected chi connectivity index (χ0v) is 13.9. The van der Waals surface area contributed by atoms with Gasteiger partial charge in [-0.05, 0) is 37.8 Å². The van der Waals surface area contributed by atoms with Crippen LogP contribution in [-0.4, -0.2) is 34.6 Å². The molecule has 9 heteroatoms. The Morgan fingerprint density at radius 2 is 1.96 bits per heavy atom. The molecule has 24 heavy (non-hydrogen) atoms. The van der Waals surface area contributed by atoms with Crippen molar-refractivity contribution in [2.45, 2.75) is 42.7 Å². The lowest BCUT2D eigenvalue weighted by Gasteiger charge is -2.26. The predicted molar refractivity (Wildman–Crippen MR) is 90.7 cm³/mol. The van der Waals surface area contributed by atoms with Gasteiger partial charge in [0.1, 0.15) is 0 Å². The topological polar surface area (TPSA) is 141 Å². The molecule has 1 aromatic carbocycles. The van der Waals surface area contributed by atoms with Crippen LogP contribution in [-0.2, 0) is 4.79 Å². The van der Waals surface area contributed by atoms with Crippen LogP contribution in [0.25, 0.3) is 0 Å². The molecule has 0 aromatic heterocycles. The molecule has 1 saturated carbocycles. The number of nitro groups is 1. The van der Waals surface area contributed by atoms with Crippen LogP contribution in [0.5, 0.6) is 0 Å². The van der Waals surface area contributed by atoms with Crippen molar-refractivity contribution in [1.82, 2.24) is 5.32 Å². The van der Waals surface area contributed by atoms with Gasteiger partial charge in [-0.1, -0.05) is 0 Å². The first kappa shape index (κ1) is 18.2. The summed E-state index contributed by atoms with van der Waals surface area (Å²) in [4.78, 5) is 34.0. The van der Waals surface area contributed by atoms with E-state index < -0.39 is 10.8 Å². The van der Waals surface area contributed by atoms with E-state index in [0.717, 1.165) is 43.5 Å². The molecule has 1 aromatic rings. The summed E-state index contributed by atoms with van der Waals surface area (Å²) in [6.07, 6.45) is 3.48. The summed E-state index contributed by atoms with van der Waals surface area (Å²) in [6.45, 7) is 0. The summed E-state index contributed by atoms with van der Waals surface area (Å²) >= 11 is 1.06. The molecule has 0 unspecified atom stereocenters. The lowest BCUT2D eigenvalue weighted by Crippen LogP contribution is -2.41. The highest BCUT2D eigenvalue weighted by Gasteiger charge is 2.21. The van der Waals surface area contributed by atoms with Gasteiger partial charge in [-0.3, -0.25) is 19.7 Å². The SMILES string of the molecule is NC(=O)c1ccc(SCC(=O)NC2CCC(N)CC2)c([N+](=O)[O-])c1. The molecule has 0 radical (unpaired) electrons. The number of nitrogens with two attached hydrogens (primary N) is 2. The monoisotopic (exact) mass is 352 g/mol. The maximum atomic E-state index is 12.0. The van der Waals surface area contributed by atoms with Crippen LogP contribution in [0.1, 0.15) is 36.0 Å². The van der Waals surface area contributed by atoms with Crippen molar-refractivity contribution >= 4 is 29.3 Å².